The minimum Gasteiger partial charge on any atom is -0.490 e. The van der Waals surface area contributed by atoms with Crippen molar-refractivity contribution < 1.29 is 4.74 Å². The van der Waals surface area contributed by atoms with Gasteiger partial charge in [-0.25, -0.2) is 0 Å². The van der Waals surface area contributed by atoms with Crippen LogP contribution < -0.4 is 10.5 Å². The van der Waals surface area contributed by atoms with E-state index in [9.17, 15) is 0 Å². The topological polar surface area (TPSA) is 35.2 Å². The van der Waals surface area contributed by atoms with E-state index in [0.717, 1.165) is 18.6 Å². The van der Waals surface area contributed by atoms with Gasteiger partial charge in [-0.2, -0.15) is 0 Å². The Hall–Kier alpha value is -1.02. The van der Waals surface area contributed by atoms with Crippen LogP contribution in [0.1, 0.15) is 51.3 Å². The Kier molecular flexibility index (Phi) is 3.17. The van der Waals surface area contributed by atoms with Crippen molar-refractivity contribution in [1.82, 2.24) is 0 Å². The first kappa shape index (κ1) is 12.4. The fourth-order valence-corrected chi connectivity index (χ4v) is 2.31. The average Bonchev–Trinajstić information content (AvgIpc) is 2.66. The molecule has 2 rings (SSSR count). The van der Waals surface area contributed by atoms with Crippen LogP contribution in [0.4, 0.5) is 0 Å². The molecule has 0 bridgehead atoms. The van der Waals surface area contributed by atoms with Gasteiger partial charge in [-0.1, -0.05) is 32.9 Å². The maximum Gasteiger partial charge on any atom is 0.123 e. The highest BCUT2D eigenvalue weighted by Crippen LogP contribution is 2.37. The van der Waals surface area contributed by atoms with E-state index in [1.165, 1.54) is 11.1 Å². The molecular weight excluding hydrogens is 210 g/mol. The molecule has 2 unspecified atom stereocenters. The molecule has 1 aliphatic rings. The Labute approximate surface area is 104 Å². The lowest BCUT2D eigenvalue weighted by Gasteiger charge is -2.31. The first-order valence-electron chi connectivity index (χ1n) is 6.49. The lowest BCUT2D eigenvalue weighted by molar-refractivity contribution is 0.254. The number of fused-ring (bicyclic) bond motifs is 1. The maximum atomic E-state index is 6.37. The molecule has 1 aromatic rings. The van der Waals surface area contributed by atoms with Crippen molar-refractivity contribution in [2.45, 2.75) is 52.7 Å². The minimum absolute atomic E-state index is 0.0914. The van der Waals surface area contributed by atoms with E-state index in [1.807, 2.05) is 0 Å². The van der Waals surface area contributed by atoms with E-state index < -0.39 is 0 Å². The van der Waals surface area contributed by atoms with Gasteiger partial charge in [0, 0.05) is 12.5 Å². The van der Waals surface area contributed by atoms with Gasteiger partial charge in [-0.3, -0.25) is 0 Å². The Morgan fingerprint density at radius 2 is 2.18 bits per heavy atom. The molecule has 0 amide bonds. The second kappa shape index (κ2) is 4.34. The highest BCUT2D eigenvalue weighted by atomic mass is 16.5. The molecule has 0 aliphatic carbocycles. The van der Waals surface area contributed by atoms with Crippen molar-refractivity contribution in [3.8, 4) is 5.75 Å². The number of ether oxygens (including phenoxy) is 1. The van der Waals surface area contributed by atoms with Gasteiger partial charge in [0.2, 0.25) is 0 Å². The van der Waals surface area contributed by atoms with E-state index in [2.05, 4.69) is 45.9 Å². The summed E-state index contributed by atoms with van der Waals surface area (Å²) in [6, 6.07) is 6.49. The molecule has 0 spiro atoms. The fourth-order valence-electron chi connectivity index (χ4n) is 2.31. The second-order valence-corrected chi connectivity index (χ2v) is 5.82. The van der Waals surface area contributed by atoms with Gasteiger partial charge >= 0.3 is 0 Å². The molecule has 2 nitrogen and oxygen atoms in total. The molecule has 0 aromatic heterocycles. The molecule has 0 radical (unpaired) electrons. The lowest BCUT2D eigenvalue weighted by atomic mass is 9.78. The third-order valence-corrected chi connectivity index (χ3v) is 4.03. The Balaban J connectivity index is 2.27. The zero-order valence-corrected chi connectivity index (χ0v) is 11.3. The van der Waals surface area contributed by atoms with Crippen LogP contribution in [0.5, 0.6) is 5.75 Å². The van der Waals surface area contributed by atoms with E-state index in [4.69, 9.17) is 10.5 Å². The van der Waals surface area contributed by atoms with Crippen molar-refractivity contribution in [2.24, 2.45) is 11.1 Å². The summed E-state index contributed by atoms with van der Waals surface area (Å²) in [5, 5.41) is 0. The van der Waals surface area contributed by atoms with Crippen LogP contribution in [0.2, 0.25) is 0 Å². The van der Waals surface area contributed by atoms with Gasteiger partial charge in [0.05, 0.1) is 0 Å². The van der Waals surface area contributed by atoms with E-state index >= 15 is 0 Å². The molecule has 94 valence electrons. The zero-order valence-electron chi connectivity index (χ0n) is 11.3. The molecule has 0 saturated heterocycles. The summed E-state index contributed by atoms with van der Waals surface area (Å²) < 4.78 is 5.71. The predicted octanol–water partition coefficient (Wildman–Crippen LogP) is 3.45. The van der Waals surface area contributed by atoms with Crippen LogP contribution in [0, 0.1) is 5.41 Å². The standard InChI is InChI=1S/C15H23NO/c1-5-15(3,4)14(16)11-6-7-13-12(9-11)8-10(2)17-13/h6-7,9-10,14H,5,8,16H2,1-4H3. The van der Waals surface area contributed by atoms with Gasteiger partial charge in [-0.05, 0) is 36.0 Å². The average molecular weight is 233 g/mol. The molecule has 17 heavy (non-hydrogen) atoms. The molecular formula is C15H23NO. The molecule has 1 aliphatic heterocycles. The normalized spacial score (nSPS) is 20.9. The second-order valence-electron chi connectivity index (χ2n) is 5.82. The number of nitrogens with two attached hydrogens (primary N) is 1. The molecule has 1 aromatic carbocycles. The molecule has 2 N–H and O–H groups in total. The zero-order chi connectivity index (χ0) is 12.6. The van der Waals surface area contributed by atoms with Gasteiger partial charge in [0.1, 0.15) is 11.9 Å². The number of benzene rings is 1. The predicted molar refractivity (Wildman–Crippen MR) is 71.2 cm³/mol. The van der Waals surface area contributed by atoms with Crippen LogP contribution in [0.25, 0.3) is 0 Å². The van der Waals surface area contributed by atoms with Crippen molar-refractivity contribution in [3.63, 3.8) is 0 Å². The molecule has 0 fully saturated rings. The monoisotopic (exact) mass is 233 g/mol. The Morgan fingerprint density at radius 1 is 1.47 bits per heavy atom. The largest absolute Gasteiger partial charge is 0.490 e. The summed E-state index contributed by atoms with van der Waals surface area (Å²) in [4.78, 5) is 0. The number of hydrogen-bond donors (Lipinski definition) is 1. The summed E-state index contributed by atoms with van der Waals surface area (Å²) >= 11 is 0. The minimum atomic E-state index is 0.0914. The quantitative estimate of drug-likeness (QED) is 0.868. The highest BCUT2D eigenvalue weighted by molar-refractivity contribution is 5.41. The molecule has 2 heteroatoms. The van der Waals surface area contributed by atoms with Crippen molar-refractivity contribution in [1.29, 1.82) is 0 Å². The van der Waals surface area contributed by atoms with Crippen LogP contribution >= 0.6 is 0 Å². The van der Waals surface area contributed by atoms with Gasteiger partial charge < -0.3 is 10.5 Å². The summed E-state index contributed by atoms with van der Waals surface area (Å²) in [6.07, 6.45) is 2.39. The third kappa shape index (κ3) is 2.32. The lowest BCUT2D eigenvalue weighted by Crippen LogP contribution is -2.28. The van der Waals surface area contributed by atoms with Gasteiger partial charge in [-0.15, -0.1) is 0 Å². The molecule has 2 atom stereocenters. The smallest absolute Gasteiger partial charge is 0.123 e. The first-order valence-corrected chi connectivity index (χ1v) is 6.49. The Morgan fingerprint density at radius 3 is 2.82 bits per heavy atom. The summed E-state index contributed by atoms with van der Waals surface area (Å²) in [5.41, 5.74) is 9.04. The summed E-state index contributed by atoms with van der Waals surface area (Å²) in [7, 11) is 0. The van der Waals surface area contributed by atoms with Crippen molar-refractivity contribution in [2.75, 3.05) is 0 Å². The summed E-state index contributed by atoms with van der Waals surface area (Å²) in [5.74, 6) is 1.03. The third-order valence-electron chi connectivity index (χ3n) is 4.03. The Bertz CT molecular complexity index is 411. The fraction of sp³-hybridized carbons (Fsp3) is 0.600. The van der Waals surface area contributed by atoms with Gasteiger partial charge in [0.25, 0.3) is 0 Å². The van der Waals surface area contributed by atoms with Gasteiger partial charge in [0.15, 0.2) is 0 Å². The van der Waals surface area contributed by atoms with E-state index in [0.29, 0.717) is 6.10 Å². The highest BCUT2D eigenvalue weighted by Gasteiger charge is 2.27. The van der Waals surface area contributed by atoms with E-state index in [-0.39, 0.29) is 11.5 Å². The van der Waals surface area contributed by atoms with Crippen LogP contribution in [0.3, 0.4) is 0 Å². The number of hydrogen-bond acceptors (Lipinski definition) is 2. The summed E-state index contributed by atoms with van der Waals surface area (Å²) in [6.45, 7) is 8.75. The maximum absolute atomic E-state index is 6.37. The van der Waals surface area contributed by atoms with Crippen molar-refractivity contribution >= 4 is 0 Å². The number of rotatable bonds is 3. The molecule has 1 heterocycles. The van der Waals surface area contributed by atoms with Crippen LogP contribution in [-0.4, -0.2) is 6.10 Å². The van der Waals surface area contributed by atoms with Crippen molar-refractivity contribution in [3.05, 3.63) is 29.3 Å². The first-order chi connectivity index (χ1) is 7.94. The SMILES string of the molecule is CCC(C)(C)C(N)c1ccc2c(c1)CC(C)O2. The van der Waals surface area contributed by atoms with E-state index in [1.54, 1.807) is 0 Å². The van der Waals surface area contributed by atoms with Crippen LogP contribution in [0.15, 0.2) is 18.2 Å². The van der Waals surface area contributed by atoms with Crippen LogP contribution in [-0.2, 0) is 6.42 Å². The molecule has 0 saturated carbocycles.